The van der Waals surface area contributed by atoms with Gasteiger partial charge in [0.1, 0.15) is 24.7 Å². The molecule has 116 valence electrons. The van der Waals surface area contributed by atoms with Gasteiger partial charge >= 0.3 is 0 Å². The molecule has 0 aliphatic carbocycles. The molecule has 0 aliphatic rings. The lowest BCUT2D eigenvalue weighted by Gasteiger charge is -2.11. The van der Waals surface area contributed by atoms with Crippen LogP contribution >= 0.6 is 0 Å². The predicted molar refractivity (Wildman–Crippen MR) is 91.5 cm³/mol. The van der Waals surface area contributed by atoms with Gasteiger partial charge in [-0.15, -0.1) is 0 Å². The van der Waals surface area contributed by atoms with Gasteiger partial charge in [0, 0.05) is 0 Å². The first-order valence-corrected chi connectivity index (χ1v) is 7.57. The van der Waals surface area contributed by atoms with Crippen LogP contribution in [-0.2, 0) is 0 Å². The molecule has 0 radical (unpaired) electrons. The summed E-state index contributed by atoms with van der Waals surface area (Å²) in [7, 11) is 0. The van der Waals surface area contributed by atoms with Crippen LogP contribution in [-0.4, -0.2) is 19.5 Å². The van der Waals surface area contributed by atoms with Crippen molar-refractivity contribution in [3.8, 4) is 11.5 Å². The molecular formula is C20H18O3. The third-order valence-corrected chi connectivity index (χ3v) is 3.65. The molecular weight excluding hydrogens is 288 g/mol. The molecule has 0 heterocycles. The summed E-state index contributed by atoms with van der Waals surface area (Å²) in [5.41, 5.74) is 1.74. The van der Waals surface area contributed by atoms with E-state index >= 15 is 0 Å². The summed E-state index contributed by atoms with van der Waals surface area (Å²) in [6, 6.07) is 19.4. The van der Waals surface area contributed by atoms with E-state index in [2.05, 4.69) is 0 Å². The Bertz CT molecular complexity index is 824. The van der Waals surface area contributed by atoms with Crippen molar-refractivity contribution in [2.75, 3.05) is 13.2 Å². The summed E-state index contributed by atoms with van der Waals surface area (Å²) < 4.78 is 11.4. The second kappa shape index (κ2) is 6.97. The summed E-state index contributed by atoms with van der Waals surface area (Å²) in [4.78, 5) is 11.4. The van der Waals surface area contributed by atoms with Crippen LogP contribution in [0.4, 0.5) is 0 Å². The van der Waals surface area contributed by atoms with E-state index in [0.717, 1.165) is 28.4 Å². The number of rotatable bonds is 6. The Morgan fingerprint density at radius 2 is 1.74 bits per heavy atom. The van der Waals surface area contributed by atoms with E-state index in [-0.39, 0.29) is 0 Å². The lowest BCUT2D eigenvalue weighted by Crippen LogP contribution is -2.10. The molecule has 0 atom stereocenters. The maximum absolute atomic E-state index is 11.4. The van der Waals surface area contributed by atoms with E-state index in [1.165, 1.54) is 0 Å². The van der Waals surface area contributed by atoms with Gasteiger partial charge in [-0.1, -0.05) is 42.5 Å². The van der Waals surface area contributed by atoms with Crippen LogP contribution in [0.2, 0.25) is 0 Å². The molecule has 0 N–H and O–H groups in total. The lowest BCUT2D eigenvalue weighted by atomic mass is 10.0. The molecule has 3 aromatic rings. The highest BCUT2D eigenvalue weighted by Crippen LogP contribution is 2.26. The van der Waals surface area contributed by atoms with Crippen molar-refractivity contribution in [1.29, 1.82) is 0 Å². The quantitative estimate of drug-likeness (QED) is 0.499. The third kappa shape index (κ3) is 3.51. The number of aldehydes is 1. The molecule has 3 heteroatoms. The molecule has 3 nitrogen and oxygen atoms in total. The summed E-state index contributed by atoms with van der Waals surface area (Å²) in [6.07, 6.45) is 0.846. The van der Waals surface area contributed by atoms with Crippen LogP contribution in [0.5, 0.6) is 11.5 Å². The zero-order valence-corrected chi connectivity index (χ0v) is 13.0. The number of hydrogen-bond donors (Lipinski definition) is 0. The number of fused-ring (bicyclic) bond motifs is 1. The van der Waals surface area contributed by atoms with Gasteiger partial charge in [-0.3, -0.25) is 4.79 Å². The first kappa shape index (κ1) is 15.1. The van der Waals surface area contributed by atoms with Crippen LogP contribution in [0.3, 0.4) is 0 Å². The van der Waals surface area contributed by atoms with Gasteiger partial charge in [0.15, 0.2) is 6.29 Å². The van der Waals surface area contributed by atoms with Crippen molar-refractivity contribution in [3.05, 3.63) is 71.8 Å². The Kier molecular flexibility index (Phi) is 4.57. The number of hydrogen-bond acceptors (Lipinski definition) is 3. The lowest BCUT2D eigenvalue weighted by molar-refractivity contribution is 0.112. The average molecular weight is 306 g/mol. The van der Waals surface area contributed by atoms with E-state index in [4.69, 9.17) is 9.47 Å². The third-order valence-electron chi connectivity index (χ3n) is 3.65. The largest absolute Gasteiger partial charge is 0.490 e. The van der Waals surface area contributed by atoms with Gasteiger partial charge < -0.3 is 9.47 Å². The normalized spacial score (nSPS) is 10.5. The van der Waals surface area contributed by atoms with Gasteiger partial charge in [0.2, 0.25) is 0 Å². The van der Waals surface area contributed by atoms with Crippen molar-refractivity contribution >= 4 is 17.1 Å². The van der Waals surface area contributed by atoms with Crippen molar-refractivity contribution < 1.29 is 14.3 Å². The van der Waals surface area contributed by atoms with Crippen LogP contribution in [0, 0.1) is 6.92 Å². The van der Waals surface area contributed by atoms with Crippen molar-refractivity contribution in [2.45, 2.75) is 6.92 Å². The van der Waals surface area contributed by atoms with Gasteiger partial charge in [-0.05, 0) is 41.5 Å². The highest BCUT2D eigenvalue weighted by molar-refractivity contribution is 6.00. The summed E-state index contributed by atoms with van der Waals surface area (Å²) in [6.45, 7) is 2.83. The Labute approximate surface area is 135 Å². The number of carbonyl (C=O) groups is 1. The molecule has 0 fully saturated rings. The summed E-state index contributed by atoms with van der Waals surface area (Å²) in [5.74, 6) is 1.41. The molecule has 23 heavy (non-hydrogen) atoms. The average Bonchev–Trinajstić information content (AvgIpc) is 2.58. The Hall–Kier alpha value is -2.81. The number of carbonyl (C=O) groups excluding carboxylic acids is 1. The first-order chi connectivity index (χ1) is 11.3. The minimum absolute atomic E-state index is 0.382. The second-order valence-electron chi connectivity index (χ2n) is 5.33. The second-order valence-corrected chi connectivity index (χ2v) is 5.33. The fraction of sp³-hybridized carbons (Fsp3) is 0.150. The van der Waals surface area contributed by atoms with E-state index < -0.39 is 0 Å². The maximum Gasteiger partial charge on any atom is 0.154 e. The predicted octanol–water partition coefficient (Wildman–Crippen LogP) is 4.42. The van der Waals surface area contributed by atoms with Crippen molar-refractivity contribution in [2.24, 2.45) is 0 Å². The zero-order chi connectivity index (χ0) is 16.1. The van der Waals surface area contributed by atoms with E-state index in [1.807, 2.05) is 67.6 Å². The minimum atomic E-state index is 0.382. The summed E-state index contributed by atoms with van der Waals surface area (Å²) in [5, 5.41) is 1.93. The fourth-order valence-electron chi connectivity index (χ4n) is 2.54. The van der Waals surface area contributed by atoms with Crippen LogP contribution in [0.15, 0.2) is 60.7 Å². The molecule has 0 spiro atoms. The zero-order valence-electron chi connectivity index (χ0n) is 13.0. The van der Waals surface area contributed by atoms with Crippen LogP contribution < -0.4 is 9.47 Å². The first-order valence-electron chi connectivity index (χ1n) is 7.57. The minimum Gasteiger partial charge on any atom is -0.490 e. The molecule has 3 aromatic carbocycles. The summed E-state index contributed by atoms with van der Waals surface area (Å²) >= 11 is 0. The highest BCUT2D eigenvalue weighted by atomic mass is 16.5. The Morgan fingerprint density at radius 3 is 2.57 bits per heavy atom. The molecule has 0 bridgehead atoms. The van der Waals surface area contributed by atoms with Crippen molar-refractivity contribution in [1.82, 2.24) is 0 Å². The maximum atomic E-state index is 11.4. The highest BCUT2D eigenvalue weighted by Gasteiger charge is 2.07. The van der Waals surface area contributed by atoms with Crippen LogP contribution in [0.1, 0.15) is 15.9 Å². The van der Waals surface area contributed by atoms with E-state index in [0.29, 0.717) is 24.5 Å². The molecule has 0 aliphatic heterocycles. The molecule has 0 aromatic heterocycles. The van der Waals surface area contributed by atoms with Gasteiger partial charge in [0.25, 0.3) is 0 Å². The van der Waals surface area contributed by atoms with Crippen LogP contribution in [0.25, 0.3) is 10.8 Å². The molecule has 0 saturated carbocycles. The Balaban J connectivity index is 1.66. The van der Waals surface area contributed by atoms with E-state index in [9.17, 15) is 4.79 Å². The molecule has 0 unspecified atom stereocenters. The van der Waals surface area contributed by atoms with Gasteiger partial charge in [-0.25, -0.2) is 0 Å². The van der Waals surface area contributed by atoms with Gasteiger partial charge in [0.05, 0.1) is 5.56 Å². The molecule has 0 amide bonds. The van der Waals surface area contributed by atoms with Gasteiger partial charge in [-0.2, -0.15) is 0 Å². The Morgan fingerprint density at radius 1 is 0.913 bits per heavy atom. The smallest absolute Gasteiger partial charge is 0.154 e. The topological polar surface area (TPSA) is 35.5 Å². The SMILES string of the molecule is Cc1cccc(OCCOc2ccc3ccccc3c2C=O)c1. The number of benzene rings is 3. The molecule has 3 rings (SSSR count). The van der Waals surface area contributed by atoms with Crippen molar-refractivity contribution in [3.63, 3.8) is 0 Å². The number of aryl methyl sites for hydroxylation is 1. The van der Waals surface area contributed by atoms with E-state index in [1.54, 1.807) is 0 Å². The molecule has 0 saturated heterocycles. The fourth-order valence-corrected chi connectivity index (χ4v) is 2.54. The standard InChI is InChI=1S/C20H18O3/c1-15-5-4-7-17(13-15)22-11-12-23-20-10-9-16-6-2-3-8-18(16)19(20)14-21/h2-10,13-14H,11-12H2,1H3. The monoisotopic (exact) mass is 306 g/mol. The number of ether oxygens (including phenoxy) is 2.